The van der Waals surface area contributed by atoms with Crippen molar-refractivity contribution in [2.45, 2.75) is 6.92 Å². The van der Waals surface area contributed by atoms with E-state index in [1.807, 2.05) is 25.1 Å². The molecular weight excluding hydrogens is 180 g/mol. The van der Waals surface area contributed by atoms with E-state index in [4.69, 9.17) is 4.74 Å². The van der Waals surface area contributed by atoms with Gasteiger partial charge in [-0.1, -0.05) is 0 Å². The van der Waals surface area contributed by atoms with Gasteiger partial charge in [-0.15, -0.1) is 0 Å². The Morgan fingerprint density at radius 1 is 1.50 bits per heavy atom. The zero-order chi connectivity index (χ0) is 10.6. The number of ether oxygens (including phenoxy) is 1. The van der Waals surface area contributed by atoms with Gasteiger partial charge in [-0.3, -0.25) is 0 Å². The van der Waals surface area contributed by atoms with Crippen molar-refractivity contribution in [3.05, 3.63) is 24.0 Å². The quantitative estimate of drug-likeness (QED) is 0.681. The first-order chi connectivity index (χ1) is 6.65. The number of nitrogens with zero attached hydrogens (tertiary/aromatic N) is 2. The van der Waals surface area contributed by atoms with Crippen LogP contribution in [0.15, 0.2) is 18.3 Å². The Labute approximate surface area is 83.5 Å². The zero-order valence-electron chi connectivity index (χ0n) is 8.65. The summed E-state index contributed by atoms with van der Waals surface area (Å²) in [6.45, 7) is 2.14. The smallest absolute Gasteiger partial charge is 0.356 e. The standard InChI is InChI=1S/C10H14N2O2/c1-4-14-10(13)9-6-5-8(7-11-9)12(2)3/h5-7H,4H2,1-3H3. The molecule has 4 heteroatoms. The molecule has 0 aliphatic heterocycles. The van der Waals surface area contributed by atoms with E-state index in [0.29, 0.717) is 12.3 Å². The second-order valence-corrected chi connectivity index (χ2v) is 3.02. The minimum Gasteiger partial charge on any atom is -0.461 e. The highest BCUT2D eigenvalue weighted by Crippen LogP contribution is 2.09. The molecular formula is C10H14N2O2. The number of rotatable bonds is 3. The topological polar surface area (TPSA) is 42.4 Å². The van der Waals surface area contributed by atoms with Crippen LogP contribution in [0, 0.1) is 0 Å². The molecule has 0 aromatic carbocycles. The van der Waals surface area contributed by atoms with Gasteiger partial charge >= 0.3 is 5.97 Å². The average molecular weight is 194 g/mol. The molecule has 0 radical (unpaired) electrons. The molecule has 4 nitrogen and oxygen atoms in total. The first-order valence-electron chi connectivity index (χ1n) is 4.45. The number of anilines is 1. The van der Waals surface area contributed by atoms with Crippen LogP contribution in [0.5, 0.6) is 0 Å². The fourth-order valence-electron chi connectivity index (χ4n) is 0.976. The van der Waals surface area contributed by atoms with E-state index in [-0.39, 0.29) is 5.97 Å². The predicted octanol–water partition coefficient (Wildman–Crippen LogP) is 1.32. The van der Waals surface area contributed by atoms with Gasteiger partial charge in [-0.2, -0.15) is 0 Å². The number of carbonyl (C=O) groups is 1. The lowest BCUT2D eigenvalue weighted by molar-refractivity contribution is 0.0519. The van der Waals surface area contributed by atoms with Crippen molar-refractivity contribution in [2.24, 2.45) is 0 Å². The minimum atomic E-state index is -0.377. The molecule has 0 atom stereocenters. The van der Waals surface area contributed by atoms with E-state index in [9.17, 15) is 4.79 Å². The summed E-state index contributed by atoms with van der Waals surface area (Å²) in [6, 6.07) is 3.49. The van der Waals surface area contributed by atoms with Crippen LogP contribution in [0.4, 0.5) is 5.69 Å². The van der Waals surface area contributed by atoms with Crippen molar-refractivity contribution in [3.8, 4) is 0 Å². The molecule has 0 saturated carbocycles. The van der Waals surface area contributed by atoms with Gasteiger partial charge in [0.05, 0.1) is 18.5 Å². The largest absolute Gasteiger partial charge is 0.461 e. The van der Waals surface area contributed by atoms with E-state index in [2.05, 4.69) is 4.98 Å². The number of aromatic nitrogens is 1. The summed E-state index contributed by atoms with van der Waals surface area (Å²) in [6.07, 6.45) is 1.65. The Morgan fingerprint density at radius 3 is 2.64 bits per heavy atom. The lowest BCUT2D eigenvalue weighted by atomic mass is 10.3. The highest BCUT2D eigenvalue weighted by Gasteiger charge is 2.07. The van der Waals surface area contributed by atoms with E-state index < -0.39 is 0 Å². The molecule has 0 aliphatic rings. The highest BCUT2D eigenvalue weighted by molar-refractivity contribution is 5.87. The second-order valence-electron chi connectivity index (χ2n) is 3.02. The average Bonchev–Trinajstić information content (AvgIpc) is 2.18. The fourth-order valence-corrected chi connectivity index (χ4v) is 0.976. The van der Waals surface area contributed by atoms with Crippen LogP contribution in [-0.4, -0.2) is 31.7 Å². The summed E-state index contributed by atoms with van der Waals surface area (Å²) in [5, 5.41) is 0. The molecule has 0 aliphatic carbocycles. The van der Waals surface area contributed by atoms with Crippen LogP contribution >= 0.6 is 0 Å². The number of carbonyl (C=O) groups excluding carboxylic acids is 1. The number of pyridine rings is 1. The van der Waals surface area contributed by atoms with Crippen LogP contribution in [-0.2, 0) is 4.74 Å². The summed E-state index contributed by atoms with van der Waals surface area (Å²) in [5.41, 5.74) is 1.30. The molecule has 1 heterocycles. The summed E-state index contributed by atoms with van der Waals surface area (Å²) in [7, 11) is 3.84. The summed E-state index contributed by atoms with van der Waals surface area (Å²) in [4.78, 5) is 17.1. The third kappa shape index (κ3) is 2.45. The van der Waals surface area contributed by atoms with Crippen LogP contribution in [0.3, 0.4) is 0 Å². The van der Waals surface area contributed by atoms with E-state index in [1.54, 1.807) is 19.2 Å². The predicted molar refractivity (Wildman–Crippen MR) is 54.5 cm³/mol. The van der Waals surface area contributed by atoms with Gasteiger partial charge < -0.3 is 9.64 Å². The Bertz CT molecular complexity index is 306. The van der Waals surface area contributed by atoms with Crippen molar-refractivity contribution < 1.29 is 9.53 Å². The van der Waals surface area contributed by atoms with Gasteiger partial charge in [0, 0.05) is 14.1 Å². The Balaban J connectivity index is 2.78. The molecule has 0 saturated heterocycles. The molecule has 1 aromatic heterocycles. The van der Waals surface area contributed by atoms with Crippen molar-refractivity contribution in [3.63, 3.8) is 0 Å². The third-order valence-electron chi connectivity index (χ3n) is 1.75. The molecule has 0 fully saturated rings. The third-order valence-corrected chi connectivity index (χ3v) is 1.75. The monoisotopic (exact) mass is 194 g/mol. The van der Waals surface area contributed by atoms with Gasteiger partial charge in [0.25, 0.3) is 0 Å². The molecule has 0 amide bonds. The molecule has 1 rings (SSSR count). The van der Waals surface area contributed by atoms with E-state index in [1.165, 1.54) is 0 Å². The SMILES string of the molecule is CCOC(=O)c1ccc(N(C)C)cn1. The van der Waals surface area contributed by atoms with Crippen molar-refractivity contribution in [1.82, 2.24) is 4.98 Å². The van der Waals surface area contributed by atoms with Crippen molar-refractivity contribution in [2.75, 3.05) is 25.6 Å². The highest BCUT2D eigenvalue weighted by atomic mass is 16.5. The normalized spacial score (nSPS) is 9.64. The lowest BCUT2D eigenvalue weighted by Gasteiger charge is -2.11. The maximum atomic E-state index is 11.2. The zero-order valence-corrected chi connectivity index (χ0v) is 8.65. The molecule has 0 N–H and O–H groups in total. The maximum Gasteiger partial charge on any atom is 0.356 e. The fraction of sp³-hybridized carbons (Fsp3) is 0.400. The minimum absolute atomic E-state index is 0.345. The van der Waals surface area contributed by atoms with Gasteiger partial charge in [0.1, 0.15) is 5.69 Å². The van der Waals surface area contributed by atoms with Gasteiger partial charge in [0.2, 0.25) is 0 Å². The van der Waals surface area contributed by atoms with Crippen molar-refractivity contribution in [1.29, 1.82) is 0 Å². The Kier molecular flexibility index (Phi) is 3.45. The second kappa shape index (κ2) is 4.60. The van der Waals surface area contributed by atoms with Crippen LogP contribution in [0.2, 0.25) is 0 Å². The summed E-state index contributed by atoms with van der Waals surface area (Å²) >= 11 is 0. The lowest BCUT2D eigenvalue weighted by Crippen LogP contribution is -2.11. The Morgan fingerprint density at radius 2 is 2.21 bits per heavy atom. The van der Waals surface area contributed by atoms with Crippen LogP contribution < -0.4 is 4.90 Å². The van der Waals surface area contributed by atoms with Gasteiger partial charge in [-0.25, -0.2) is 9.78 Å². The van der Waals surface area contributed by atoms with Crippen molar-refractivity contribution >= 4 is 11.7 Å². The molecule has 14 heavy (non-hydrogen) atoms. The first kappa shape index (κ1) is 10.5. The van der Waals surface area contributed by atoms with E-state index in [0.717, 1.165) is 5.69 Å². The van der Waals surface area contributed by atoms with Gasteiger partial charge in [-0.05, 0) is 19.1 Å². The van der Waals surface area contributed by atoms with Crippen LogP contribution in [0.1, 0.15) is 17.4 Å². The summed E-state index contributed by atoms with van der Waals surface area (Å²) < 4.78 is 4.81. The molecule has 1 aromatic rings. The van der Waals surface area contributed by atoms with E-state index >= 15 is 0 Å². The summed E-state index contributed by atoms with van der Waals surface area (Å²) in [5.74, 6) is -0.377. The molecule has 76 valence electrons. The number of hydrogen-bond donors (Lipinski definition) is 0. The maximum absolute atomic E-state index is 11.2. The van der Waals surface area contributed by atoms with Gasteiger partial charge in [0.15, 0.2) is 0 Å². The Hall–Kier alpha value is -1.58. The molecule has 0 spiro atoms. The first-order valence-corrected chi connectivity index (χ1v) is 4.45. The molecule has 0 unspecified atom stereocenters. The van der Waals surface area contributed by atoms with Crippen LogP contribution in [0.25, 0.3) is 0 Å². The number of hydrogen-bond acceptors (Lipinski definition) is 4. The number of esters is 1. The molecule has 0 bridgehead atoms.